The molecule has 72 valence electrons. The van der Waals surface area contributed by atoms with Crippen molar-refractivity contribution < 1.29 is 0 Å². The molecule has 1 aliphatic rings. The number of hydrogen-bond acceptors (Lipinski definition) is 3. The second kappa shape index (κ2) is 3.99. The number of nitrogens with zero attached hydrogens (tertiary/aromatic N) is 1. The van der Waals surface area contributed by atoms with Crippen LogP contribution in [-0.2, 0) is 0 Å². The summed E-state index contributed by atoms with van der Waals surface area (Å²) in [6, 6.07) is 0.638. The fourth-order valence-corrected chi connectivity index (χ4v) is 2.04. The van der Waals surface area contributed by atoms with Gasteiger partial charge >= 0.3 is 0 Å². The highest BCUT2D eigenvalue weighted by molar-refractivity contribution is 7.96. The van der Waals surface area contributed by atoms with Gasteiger partial charge in [0.2, 0.25) is 0 Å². The third-order valence-electron chi connectivity index (χ3n) is 2.44. The molecule has 0 bridgehead atoms. The van der Waals surface area contributed by atoms with Crippen molar-refractivity contribution in [3.05, 3.63) is 0 Å². The molecule has 1 saturated heterocycles. The standard InChI is InChI=1S/C9H20N2S/c1-9(2,3)8-7-11(12-4)6-5-10-8/h8,10H,5-7H2,1-4H3. The molecule has 12 heavy (non-hydrogen) atoms. The van der Waals surface area contributed by atoms with E-state index in [9.17, 15) is 0 Å². The largest absolute Gasteiger partial charge is 0.311 e. The predicted molar refractivity (Wildman–Crippen MR) is 56.3 cm³/mol. The topological polar surface area (TPSA) is 15.3 Å². The van der Waals surface area contributed by atoms with Crippen molar-refractivity contribution >= 4 is 11.9 Å². The average molecular weight is 188 g/mol. The molecular formula is C9H20N2S. The normalized spacial score (nSPS) is 27.5. The summed E-state index contributed by atoms with van der Waals surface area (Å²) in [6.07, 6.45) is 2.16. The Hall–Kier alpha value is 0.270. The summed E-state index contributed by atoms with van der Waals surface area (Å²) in [4.78, 5) is 0. The van der Waals surface area contributed by atoms with Gasteiger partial charge in [-0.25, -0.2) is 4.31 Å². The van der Waals surface area contributed by atoms with E-state index in [0.29, 0.717) is 11.5 Å². The van der Waals surface area contributed by atoms with Gasteiger partial charge in [-0.3, -0.25) is 0 Å². The van der Waals surface area contributed by atoms with E-state index in [0.717, 1.165) is 6.54 Å². The van der Waals surface area contributed by atoms with Crippen LogP contribution in [0, 0.1) is 5.41 Å². The van der Waals surface area contributed by atoms with Crippen molar-refractivity contribution in [3.63, 3.8) is 0 Å². The van der Waals surface area contributed by atoms with Crippen LogP contribution in [0.4, 0.5) is 0 Å². The van der Waals surface area contributed by atoms with E-state index in [-0.39, 0.29) is 0 Å². The van der Waals surface area contributed by atoms with Crippen molar-refractivity contribution in [1.29, 1.82) is 0 Å². The lowest BCUT2D eigenvalue weighted by atomic mass is 9.86. The minimum Gasteiger partial charge on any atom is -0.311 e. The first kappa shape index (κ1) is 10.4. The molecule has 2 nitrogen and oxygen atoms in total. The van der Waals surface area contributed by atoms with Crippen LogP contribution >= 0.6 is 11.9 Å². The maximum atomic E-state index is 3.57. The lowest BCUT2D eigenvalue weighted by molar-refractivity contribution is 0.197. The number of nitrogens with one attached hydrogen (secondary N) is 1. The molecule has 0 radical (unpaired) electrons. The van der Waals surface area contributed by atoms with Crippen LogP contribution in [-0.4, -0.2) is 36.2 Å². The van der Waals surface area contributed by atoms with Crippen LogP contribution in [0.25, 0.3) is 0 Å². The van der Waals surface area contributed by atoms with E-state index >= 15 is 0 Å². The minimum atomic E-state index is 0.383. The van der Waals surface area contributed by atoms with Crippen LogP contribution in [0.1, 0.15) is 20.8 Å². The van der Waals surface area contributed by atoms with Gasteiger partial charge in [-0.1, -0.05) is 32.7 Å². The molecule has 0 aromatic heterocycles. The van der Waals surface area contributed by atoms with Gasteiger partial charge in [0.25, 0.3) is 0 Å². The Morgan fingerprint density at radius 2 is 2.08 bits per heavy atom. The first-order valence-electron chi connectivity index (χ1n) is 4.56. The maximum Gasteiger partial charge on any atom is 0.0253 e. The molecular weight excluding hydrogens is 168 g/mol. The number of hydrogen-bond donors (Lipinski definition) is 1. The first-order valence-corrected chi connectivity index (χ1v) is 5.74. The van der Waals surface area contributed by atoms with Gasteiger partial charge < -0.3 is 5.32 Å². The van der Waals surface area contributed by atoms with Crippen LogP contribution in [0.15, 0.2) is 0 Å². The molecule has 0 aromatic rings. The molecule has 1 N–H and O–H groups in total. The Bertz CT molecular complexity index is 142. The molecule has 3 heteroatoms. The molecule has 1 heterocycles. The van der Waals surface area contributed by atoms with Crippen molar-refractivity contribution in [2.75, 3.05) is 25.9 Å². The zero-order valence-electron chi connectivity index (χ0n) is 8.55. The molecule has 0 aromatic carbocycles. The lowest BCUT2D eigenvalue weighted by Crippen LogP contribution is -2.53. The Morgan fingerprint density at radius 1 is 1.42 bits per heavy atom. The van der Waals surface area contributed by atoms with Gasteiger partial charge in [-0.05, 0) is 11.7 Å². The fraction of sp³-hybridized carbons (Fsp3) is 1.00. The smallest absolute Gasteiger partial charge is 0.0253 e. The third-order valence-corrected chi connectivity index (χ3v) is 3.29. The Balaban J connectivity index is 2.46. The highest BCUT2D eigenvalue weighted by atomic mass is 32.2. The Morgan fingerprint density at radius 3 is 2.58 bits per heavy atom. The molecule has 1 unspecified atom stereocenters. The van der Waals surface area contributed by atoms with E-state index in [4.69, 9.17) is 0 Å². The van der Waals surface area contributed by atoms with E-state index in [1.165, 1.54) is 13.1 Å². The number of rotatable bonds is 1. The molecule has 0 amide bonds. The number of piperazine rings is 1. The average Bonchev–Trinajstić information content (AvgIpc) is 2.03. The highest BCUT2D eigenvalue weighted by Gasteiger charge is 2.28. The van der Waals surface area contributed by atoms with Crippen molar-refractivity contribution in [2.45, 2.75) is 26.8 Å². The first-order chi connectivity index (χ1) is 5.54. The van der Waals surface area contributed by atoms with Crippen molar-refractivity contribution in [2.24, 2.45) is 5.41 Å². The van der Waals surface area contributed by atoms with Gasteiger partial charge in [0.1, 0.15) is 0 Å². The maximum absolute atomic E-state index is 3.57. The highest BCUT2D eigenvalue weighted by Crippen LogP contribution is 2.23. The van der Waals surface area contributed by atoms with E-state index in [1.54, 1.807) is 0 Å². The van der Waals surface area contributed by atoms with E-state index < -0.39 is 0 Å². The molecule has 1 aliphatic heterocycles. The Kier molecular flexibility index (Phi) is 3.44. The molecule has 1 rings (SSSR count). The van der Waals surface area contributed by atoms with Gasteiger partial charge in [-0.2, -0.15) is 0 Å². The summed E-state index contributed by atoms with van der Waals surface area (Å²) in [7, 11) is 0. The zero-order chi connectivity index (χ0) is 9.19. The van der Waals surface area contributed by atoms with Crippen LogP contribution in [0.3, 0.4) is 0 Å². The summed E-state index contributed by atoms with van der Waals surface area (Å²) in [5, 5.41) is 3.57. The minimum absolute atomic E-state index is 0.383. The van der Waals surface area contributed by atoms with Gasteiger partial charge in [0, 0.05) is 25.7 Å². The van der Waals surface area contributed by atoms with Gasteiger partial charge in [-0.15, -0.1) is 0 Å². The summed E-state index contributed by atoms with van der Waals surface area (Å²) < 4.78 is 2.44. The SMILES string of the molecule is CSN1CCNC(C(C)(C)C)C1. The summed E-state index contributed by atoms with van der Waals surface area (Å²) in [6.45, 7) is 10.4. The van der Waals surface area contributed by atoms with E-state index in [2.05, 4.69) is 36.6 Å². The van der Waals surface area contributed by atoms with Gasteiger partial charge in [0.15, 0.2) is 0 Å². The lowest BCUT2D eigenvalue weighted by Gasteiger charge is -2.39. The van der Waals surface area contributed by atoms with Crippen LogP contribution in [0.5, 0.6) is 0 Å². The molecule has 1 fully saturated rings. The fourth-order valence-electron chi connectivity index (χ4n) is 1.47. The van der Waals surface area contributed by atoms with Crippen molar-refractivity contribution in [1.82, 2.24) is 9.62 Å². The summed E-state index contributed by atoms with van der Waals surface area (Å²) in [5.74, 6) is 0. The molecule has 1 atom stereocenters. The van der Waals surface area contributed by atoms with Crippen LogP contribution < -0.4 is 5.32 Å². The molecule has 0 aliphatic carbocycles. The monoisotopic (exact) mass is 188 g/mol. The zero-order valence-corrected chi connectivity index (χ0v) is 9.37. The molecule has 0 saturated carbocycles. The molecule has 0 spiro atoms. The predicted octanol–water partition coefficient (Wildman–Crippen LogP) is 1.58. The second-order valence-electron chi connectivity index (χ2n) is 4.44. The van der Waals surface area contributed by atoms with Crippen LogP contribution in [0.2, 0.25) is 0 Å². The van der Waals surface area contributed by atoms with Crippen molar-refractivity contribution in [3.8, 4) is 0 Å². The third kappa shape index (κ3) is 2.64. The summed E-state index contributed by atoms with van der Waals surface area (Å²) >= 11 is 1.86. The second-order valence-corrected chi connectivity index (χ2v) is 5.32. The summed E-state index contributed by atoms with van der Waals surface area (Å²) in [5.41, 5.74) is 0.383. The van der Waals surface area contributed by atoms with E-state index in [1.807, 2.05) is 11.9 Å². The van der Waals surface area contributed by atoms with Gasteiger partial charge in [0.05, 0.1) is 0 Å². The quantitative estimate of drug-likeness (QED) is 0.629. The Labute approximate surface area is 80.2 Å².